The van der Waals surface area contributed by atoms with E-state index in [4.69, 9.17) is 5.73 Å². The number of nitrogens with two attached hydrogens (primary N) is 1. The lowest BCUT2D eigenvalue weighted by Gasteiger charge is -2.18. The predicted molar refractivity (Wildman–Crippen MR) is 73.7 cm³/mol. The lowest BCUT2D eigenvalue weighted by Crippen LogP contribution is -2.10. The van der Waals surface area contributed by atoms with E-state index in [1.165, 1.54) is 0 Å². The quantitative estimate of drug-likeness (QED) is 0.828. The highest BCUT2D eigenvalue weighted by molar-refractivity contribution is 5.69. The molecule has 0 aliphatic carbocycles. The van der Waals surface area contributed by atoms with E-state index in [2.05, 4.69) is 15.0 Å². The van der Waals surface area contributed by atoms with Crippen LogP contribution in [0.25, 0.3) is 0 Å². The summed E-state index contributed by atoms with van der Waals surface area (Å²) in [5.41, 5.74) is 7.03. The highest BCUT2D eigenvalue weighted by Crippen LogP contribution is 2.31. The van der Waals surface area contributed by atoms with Crippen LogP contribution in [0.15, 0.2) is 36.7 Å². The number of nitrogens with zero attached hydrogens (tertiary/aromatic N) is 1. The molecule has 0 spiro atoms. The van der Waals surface area contributed by atoms with Crippen LogP contribution in [0.4, 0.5) is 24.5 Å². The lowest BCUT2D eigenvalue weighted by molar-refractivity contribution is -0.0521. The van der Waals surface area contributed by atoms with Crippen LogP contribution < -0.4 is 15.8 Å². The summed E-state index contributed by atoms with van der Waals surface area (Å²) in [4.78, 5) is 3.91. The number of nitrogens with one attached hydrogen (secondary N) is 1. The number of halogens is 3. The van der Waals surface area contributed by atoms with Gasteiger partial charge in [-0.3, -0.25) is 4.98 Å². The Kier molecular flexibility index (Phi) is 4.52. The molecule has 0 amide bonds. The van der Waals surface area contributed by atoms with Gasteiger partial charge < -0.3 is 15.8 Å². The maximum atomic E-state index is 13.5. The SMILES string of the molecule is CC(Nc1cc(OC(F)F)c(F)cc1N)c1ccncc1. The van der Waals surface area contributed by atoms with E-state index in [0.717, 1.165) is 17.7 Å². The van der Waals surface area contributed by atoms with Gasteiger partial charge >= 0.3 is 6.61 Å². The van der Waals surface area contributed by atoms with E-state index in [1.54, 1.807) is 24.5 Å². The molecule has 0 radical (unpaired) electrons. The highest BCUT2D eigenvalue weighted by Gasteiger charge is 2.15. The first-order valence-corrected chi connectivity index (χ1v) is 6.17. The molecule has 0 aliphatic heterocycles. The van der Waals surface area contributed by atoms with Crippen molar-refractivity contribution in [2.45, 2.75) is 19.6 Å². The molecule has 3 N–H and O–H groups in total. The summed E-state index contributed by atoms with van der Waals surface area (Å²) >= 11 is 0. The van der Waals surface area contributed by atoms with E-state index in [1.807, 2.05) is 6.92 Å². The molecule has 4 nitrogen and oxygen atoms in total. The second-order valence-corrected chi connectivity index (χ2v) is 4.39. The fourth-order valence-electron chi connectivity index (χ4n) is 1.85. The number of rotatable bonds is 5. The van der Waals surface area contributed by atoms with Gasteiger partial charge in [-0.15, -0.1) is 0 Å². The van der Waals surface area contributed by atoms with Crippen LogP contribution in [0, 0.1) is 5.82 Å². The van der Waals surface area contributed by atoms with Crippen molar-refractivity contribution >= 4 is 11.4 Å². The second-order valence-electron chi connectivity index (χ2n) is 4.39. The predicted octanol–water partition coefficient (Wildman–Crippen LogP) is 3.58. The van der Waals surface area contributed by atoms with E-state index >= 15 is 0 Å². The van der Waals surface area contributed by atoms with Gasteiger partial charge in [0.05, 0.1) is 11.4 Å². The summed E-state index contributed by atoms with van der Waals surface area (Å²) in [5, 5.41) is 3.02. The first-order valence-electron chi connectivity index (χ1n) is 6.17. The number of alkyl halides is 2. The van der Waals surface area contributed by atoms with Crippen LogP contribution >= 0.6 is 0 Å². The Balaban J connectivity index is 2.23. The van der Waals surface area contributed by atoms with Crippen LogP contribution in [0.1, 0.15) is 18.5 Å². The van der Waals surface area contributed by atoms with Gasteiger partial charge in [-0.1, -0.05) is 0 Å². The van der Waals surface area contributed by atoms with Gasteiger partial charge in [0.1, 0.15) is 0 Å². The minimum atomic E-state index is -3.10. The molecular weight excluding hydrogens is 283 g/mol. The van der Waals surface area contributed by atoms with E-state index in [-0.39, 0.29) is 11.7 Å². The fourth-order valence-corrected chi connectivity index (χ4v) is 1.85. The van der Waals surface area contributed by atoms with Crippen molar-refractivity contribution in [3.05, 3.63) is 48.0 Å². The van der Waals surface area contributed by atoms with Crippen molar-refractivity contribution in [3.8, 4) is 5.75 Å². The molecule has 0 bridgehead atoms. The molecule has 1 atom stereocenters. The van der Waals surface area contributed by atoms with Crippen molar-refractivity contribution in [1.29, 1.82) is 0 Å². The van der Waals surface area contributed by atoms with Gasteiger partial charge in [0.25, 0.3) is 0 Å². The molecule has 0 saturated carbocycles. The summed E-state index contributed by atoms with van der Waals surface area (Å²) in [6, 6.07) is 5.50. The molecule has 7 heteroatoms. The number of hydrogen-bond donors (Lipinski definition) is 2. The lowest BCUT2D eigenvalue weighted by atomic mass is 10.1. The van der Waals surface area contributed by atoms with Gasteiger partial charge in [0, 0.05) is 30.6 Å². The second kappa shape index (κ2) is 6.34. The third-order valence-corrected chi connectivity index (χ3v) is 2.90. The zero-order valence-corrected chi connectivity index (χ0v) is 11.2. The number of nitrogen functional groups attached to an aromatic ring is 1. The highest BCUT2D eigenvalue weighted by atomic mass is 19.3. The van der Waals surface area contributed by atoms with Crippen LogP contribution in [-0.2, 0) is 0 Å². The Morgan fingerprint density at radius 2 is 1.90 bits per heavy atom. The summed E-state index contributed by atoms with van der Waals surface area (Å²) in [5.74, 6) is -1.49. The number of hydrogen-bond acceptors (Lipinski definition) is 4. The fraction of sp³-hybridized carbons (Fsp3) is 0.214. The van der Waals surface area contributed by atoms with Gasteiger partial charge in [-0.25, -0.2) is 4.39 Å². The van der Waals surface area contributed by atoms with Crippen LogP contribution in [-0.4, -0.2) is 11.6 Å². The first kappa shape index (κ1) is 15.0. The Hall–Kier alpha value is -2.44. The summed E-state index contributed by atoms with van der Waals surface area (Å²) < 4.78 is 42.0. The molecular formula is C14H14F3N3O. The molecule has 2 aromatic rings. The monoisotopic (exact) mass is 297 g/mol. The number of anilines is 2. The topological polar surface area (TPSA) is 60.2 Å². The zero-order valence-electron chi connectivity index (χ0n) is 11.2. The van der Waals surface area contributed by atoms with Crippen LogP contribution in [0.2, 0.25) is 0 Å². The average Bonchev–Trinajstić information content (AvgIpc) is 2.44. The van der Waals surface area contributed by atoms with E-state index in [0.29, 0.717) is 5.69 Å². The summed E-state index contributed by atoms with van der Waals surface area (Å²) in [6.07, 6.45) is 3.26. The smallest absolute Gasteiger partial charge is 0.387 e. The average molecular weight is 297 g/mol. The number of pyridine rings is 1. The minimum absolute atomic E-state index is 0.107. The first-order chi connectivity index (χ1) is 9.97. The van der Waals surface area contributed by atoms with E-state index in [9.17, 15) is 13.2 Å². The largest absolute Gasteiger partial charge is 0.432 e. The van der Waals surface area contributed by atoms with Crippen molar-refractivity contribution in [1.82, 2.24) is 4.98 Å². The molecule has 1 unspecified atom stereocenters. The Morgan fingerprint density at radius 1 is 1.24 bits per heavy atom. The number of ether oxygens (including phenoxy) is 1. The Morgan fingerprint density at radius 3 is 2.52 bits per heavy atom. The number of benzene rings is 1. The van der Waals surface area contributed by atoms with Gasteiger partial charge in [-0.2, -0.15) is 8.78 Å². The van der Waals surface area contributed by atoms with Gasteiger partial charge in [-0.05, 0) is 24.6 Å². The summed E-state index contributed by atoms with van der Waals surface area (Å²) in [7, 11) is 0. The van der Waals surface area contributed by atoms with Crippen molar-refractivity contribution < 1.29 is 17.9 Å². The number of aromatic nitrogens is 1. The van der Waals surface area contributed by atoms with Crippen LogP contribution in [0.5, 0.6) is 5.75 Å². The van der Waals surface area contributed by atoms with Crippen LogP contribution in [0.3, 0.4) is 0 Å². The molecule has 0 aliphatic rings. The minimum Gasteiger partial charge on any atom is -0.432 e. The third kappa shape index (κ3) is 3.77. The van der Waals surface area contributed by atoms with Gasteiger partial charge in [0.15, 0.2) is 11.6 Å². The summed E-state index contributed by atoms with van der Waals surface area (Å²) in [6.45, 7) is -1.25. The molecule has 21 heavy (non-hydrogen) atoms. The van der Waals surface area contributed by atoms with Crippen molar-refractivity contribution in [2.75, 3.05) is 11.1 Å². The van der Waals surface area contributed by atoms with Crippen molar-refractivity contribution in [3.63, 3.8) is 0 Å². The van der Waals surface area contributed by atoms with E-state index < -0.39 is 18.2 Å². The molecule has 1 heterocycles. The Bertz CT molecular complexity index is 608. The molecule has 0 fully saturated rings. The zero-order chi connectivity index (χ0) is 15.4. The van der Waals surface area contributed by atoms with Gasteiger partial charge in [0.2, 0.25) is 0 Å². The molecule has 112 valence electrons. The maximum absolute atomic E-state index is 13.5. The Labute approximate surface area is 119 Å². The normalized spacial score (nSPS) is 12.2. The van der Waals surface area contributed by atoms with Crippen molar-refractivity contribution in [2.24, 2.45) is 0 Å². The molecule has 1 aromatic heterocycles. The molecule has 1 aromatic carbocycles. The maximum Gasteiger partial charge on any atom is 0.387 e. The third-order valence-electron chi connectivity index (χ3n) is 2.90. The molecule has 2 rings (SSSR count). The molecule has 0 saturated heterocycles. The standard InChI is InChI=1S/C14H14F3N3O/c1-8(9-2-4-19-5-3-9)20-12-7-13(21-14(16)17)10(15)6-11(12)18/h2-8,14,20H,18H2,1H3.